The van der Waals surface area contributed by atoms with Gasteiger partial charge in [0.05, 0.1) is 11.9 Å². The van der Waals surface area contributed by atoms with Crippen LogP contribution in [-0.4, -0.2) is 19.3 Å². The van der Waals surface area contributed by atoms with Gasteiger partial charge in [-0.05, 0) is 18.1 Å². The number of benzene rings is 1. The number of rotatable bonds is 4. The lowest BCUT2D eigenvalue weighted by Crippen LogP contribution is -2.18. The molecule has 1 rings (SSSR count). The van der Waals surface area contributed by atoms with Crippen molar-refractivity contribution < 1.29 is 13.5 Å². The van der Waals surface area contributed by atoms with Gasteiger partial charge in [0.1, 0.15) is 0 Å². The Morgan fingerprint density at radius 3 is 2.53 bits per heavy atom. The van der Waals surface area contributed by atoms with Crippen LogP contribution in [0.3, 0.4) is 0 Å². The highest BCUT2D eigenvalue weighted by atomic mass is 35.5. The molecule has 15 heavy (non-hydrogen) atoms. The molecule has 84 valence electrons. The second kappa shape index (κ2) is 4.94. The summed E-state index contributed by atoms with van der Waals surface area (Å²) in [5.74, 6) is -0.264. The molecule has 0 bridgehead atoms. The predicted octanol–water partition coefficient (Wildman–Crippen LogP) is 1.05. The Balaban J connectivity index is 2.70. The van der Waals surface area contributed by atoms with Gasteiger partial charge in [-0.3, -0.25) is 0 Å². The van der Waals surface area contributed by atoms with E-state index in [0.29, 0.717) is 10.6 Å². The molecule has 4 nitrogen and oxygen atoms in total. The first kappa shape index (κ1) is 12.4. The number of hydrogen-bond donors (Lipinski definition) is 2. The molecule has 0 aliphatic carbocycles. The summed E-state index contributed by atoms with van der Waals surface area (Å²) >= 11 is 5.83. The molecule has 0 saturated carbocycles. The van der Waals surface area contributed by atoms with Crippen LogP contribution in [0, 0.1) is 0 Å². The lowest BCUT2D eigenvalue weighted by molar-refractivity contribution is 0.174. The topological polar surface area (TPSA) is 80.4 Å². The molecule has 0 heterocycles. The van der Waals surface area contributed by atoms with Gasteiger partial charge in [-0.25, -0.2) is 13.6 Å². The molecule has 0 aliphatic rings. The lowest BCUT2D eigenvalue weighted by Gasteiger charge is -2.11. The Bertz CT molecular complexity index is 433. The number of aliphatic hydroxyl groups is 1. The van der Waals surface area contributed by atoms with E-state index in [0.717, 1.165) is 0 Å². The van der Waals surface area contributed by atoms with Crippen LogP contribution in [0.15, 0.2) is 24.3 Å². The number of halogens is 1. The lowest BCUT2D eigenvalue weighted by atomic mass is 10.1. The average molecular weight is 250 g/mol. The van der Waals surface area contributed by atoms with Crippen molar-refractivity contribution in [3.63, 3.8) is 0 Å². The van der Waals surface area contributed by atoms with E-state index < -0.39 is 16.1 Å². The van der Waals surface area contributed by atoms with E-state index in [1.54, 1.807) is 24.3 Å². The first-order valence-corrected chi connectivity index (χ1v) is 6.42. The second-order valence-corrected chi connectivity index (χ2v) is 5.33. The van der Waals surface area contributed by atoms with Crippen molar-refractivity contribution in [2.45, 2.75) is 12.5 Å². The van der Waals surface area contributed by atoms with Crippen molar-refractivity contribution >= 4 is 21.6 Å². The van der Waals surface area contributed by atoms with Crippen LogP contribution in [0.25, 0.3) is 0 Å². The van der Waals surface area contributed by atoms with Crippen molar-refractivity contribution in [3.05, 3.63) is 34.9 Å². The van der Waals surface area contributed by atoms with E-state index in [-0.39, 0.29) is 12.2 Å². The fourth-order valence-corrected chi connectivity index (χ4v) is 1.99. The highest BCUT2D eigenvalue weighted by Gasteiger charge is 2.13. The predicted molar refractivity (Wildman–Crippen MR) is 59.0 cm³/mol. The van der Waals surface area contributed by atoms with Crippen LogP contribution in [0.2, 0.25) is 5.02 Å². The SMILES string of the molecule is NS(=O)(=O)CC[C@@H](O)c1ccccc1Cl. The summed E-state index contributed by atoms with van der Waals surface area (Å²) in [6, 6.07) is 6.74. The Morgan fingerprint density at radius 2 is 2.00 bits per heavy atom. The quantitative estimate of drug-likeness (QED) is 0.837. The zero-order valence-electron chi connectivity index (χ0n) is 7.93. The van der Waals surface area contributed by atoms with Crippen molar-refractivity contribution in [2.24, 2.45) is 5.14 Å². The maximum absolute atomic E-state index is 10.7. The van der Waals surface area contributed by atoms with Crippen LogP contribution in [0.5, 0.6) is 0 Å². The van der Waals surface area contributed by atoms with E-state index in [9.17, 15) is 13.5 Å². The van der Waals surface area contributed by atoms with Gasteiger partial charge < -0.3 is 5.11 Å². The summed E-state index contributed by atoms with van der Waals surface area (Å²) in [4.78, 5) is 0. The summed E-state index contributed by atoms with van der Waals surface area (Å²) in [7, 11) is -3.54. The van der Waals surface area contributed by atoms with Gasteiger partial charge in [0.2, 0.25) is 10.0 Å². The number of nitrogens with two attached hydrogens (primary N) is 1. The largest absolute Gasteiger partial charge is 0.388 e. The minimum absolute atomic E-state index is 0.0442. The highest BCUT2D eigenvalue weighted by molar-refractivity contribution is 7.89. The summed E-state index contributed by atoms with van der Waals surface area (Å²) < 4.78 is 21.4. The zero-order valence-corrected chi connectivity index (χ0v) is 9.50. The Hall–Kier alpha value is -0.620. The standard InChI is InChI=1S/C9H12ClNO3S/c10-8-4-2-1-3-7(8)9(12)5-6-15(11,13)14/h1-4,9,12H,5-6H2,(H2,11,13,14)/t9-/m1/s1. The van der Waals surface area contributed by atoms with Crippen molar-refractivity contribution in [3.8, 4) is 0 Å². The molecule has 3 N–H and O–H groups in total. The fraction of sp³-hybridized carbons (Fsp3) is 0.333. The fourth-order valence-electron chi connectivity index (χ4n) is 1.18. The maximum atomic E-state index is 10.7. The molecular formula is C9H12ClNO3S. The normalized spacial score (nSPS) is 13.8. The minimum Gasteiger partial charge on any atom is -0.388 e. The van der Waals surface area contributed by atoms with Crippen LogP contribution in [0.4, 0.5) is 0 Å². The van der Waals surface area contributed by atoms with E-state index in [2.05, 4.69) is 0 Å². The molecule has 0 radical (unpaired) electrons. The first-order chi connectivity index (χ1) is 6.90. The van der Waals surface area contributed by atoms with Crippen molar-refractivity contribution in [2.75, 3.05) is 5.75 Å². The smallest absolute Gasteiger partial charge is 0.209 e. The van der Waals surface area contributed by atoms with Crippen molar-refractivity contribution in [1.82, 2.24) is 0 Å². The second-order valence-electron chi connectivity index (χ2n) is 3.19. The van der Waals surface area contributed by atoms with E-state index in [4.69, 9.17) is 16.7 Å². The van der Waals surface area contributed by atoms with E-state index in [1.165, 1.54) is 0 Å². The Kier molecular flexibility index (Phi) is 4.10. The molecule has 0 spiro atoms. The average Bonchev–Trinajstić information content (AvgIpc) is 2.14. The van der Waals surface area contributed by atoms with Gasteiger partial charge >= 0.3 is 0 Å². The van der Waals surface area contributed by atoms with Gasteiger partial charge in [-0.2, -0.15) is 0 Å². The van der Waals surface area contributed by atoms with E-state index >= 15 is 0 Å². The third-order valence-corrected chi connectivity index (χ3v) is 3.09. The van der Waals surface area contributed by atoms with Gasteiger partial charge in [0, 0.05) is 5.02 Å². The summed E-state index contributed by atoms with van der Waals surface area (Å²) in [5.41, 5.74) is 0.516. The first-order valence-electron chi connectivity index (χ1n) is 4.33. The number of aliphatic hydroxyl groups excluding tert-OH is 1. The molecule has 6 heteroatoms. The molecule has 0 fully saturated rings. The van der Waals surface area contributed by atoms with Gasteiger partial charge in [-0.1, -0.05) is 29.8 Å². The molecule has 1 aromatic rings. The summed E-state index contributed by atoms with van der Waals surface area (Å²) in [6.45, 7) is 0. The molecular weight excluding hydrogens is 238 g/mol. The van der Waals surface area contributed by atoms with Gasteiger partial charge in [0.25, 0.3) is 0 Å². The van der Waals surface area contributed by atoms with Crippen LogP contribution in [0.1, 0.15) is 18.1 Å². The highest BCUT2D eigenvalue weighted by Crippen LogP contribution is 2.24. The molecule has 0 unspecified atom stereocenters. The monoisotopic (exact) mass is 249 g/mol. The third-order valence-electron chi connectivity index (χ3n) is 1.94. The van der Waals surface area contributed by atoms with Crippen LogP contribution < -0.4 is 5.14 Å². The van der Waals surface area contributed by atoms with Gasteiger partial charge in [-0.15, -0.1) is 0 Å². The summed E-state index contributed by atoms with van der Waals surface area (Å²) in [5, 5.41) is 14.9. The van der Waals surface area contributed by atoms with Crippen molar-refractivity contribution in [1.29, 1.82) is 0 Å². The Labute approximate surface area is 93.7 Å². The minimum atomic E-state index is -3.54. The van der Waals surface area contributed by atoms with Gasteiger partial charge in [0.15, 0.2) is 0 Å². The molecule has 0 amide bonds. The number of sulfonamides is 1. The number of hydrogen-bond acceptors (Lipinski definition) is 3. The molecule has 0 aliphatic heterocycles. The summed E-state index contributed by atoms with van der Waals surface area (Å²) in [6.07, 6.45) is -0.861. The van der Waals surface area contributed by atoms with Crippen LogP contribution in [-0.2, 0) is 10.0 Å². The zero-order chi connectivity index (χ0) is 11.5. The number of primary sulfonamides is 1. The van der Waals surface area contributed by atoms with E-state index in [1.807, 2.05) is 0 Å². The maximum Gasteiger partial charge on any atom is 0.209 e. The Morgan fingerprint density at radius 1 is 1.40 bits per heavy atom. The van der Waals surface area contributed by atoms with Crippen LogP contribution >= 0.6 is 11.6 Å². The third kappa shape index (κ3) is 4.17. The molecule has 0 saturated heterocycles. The molecule has 0 aromatic heterocycles. The molecule has 1 aromatic carbocycles. The molecule has 1 atom stereocenters.